The van der Waals surface area contributed by atoms with Crippen LogP contribution in [0.3, 0.4) is 0 Å². The third-order valence-electron chi connectivity index (χ3n) is 3.66. The van der Waals surface area contributed by atoms with Gasteiger partial charge in [0.2, 0.25) is 5.76 Å². The van der Waals surface area contributed by atoms with Crippen LogP contribution >= 0.6 is 0 Å². The standard InChI is InChI=1S/C13H19F2N3O2/c1-7(2)18-5-8(3)10(6-18)16-13(19)9-4-11(12(14)15)20-17-9/h4,7-8,10,12H,5-6H2,1-3H3,(H,16,19). The second kappa shape index (κ2) is 5.87. The Morgan fingerprint density at radius 2 is 2.20 bits per heavy atom. The lowest BCUT2D eigenvalue weighted by atomic mass is 10.1. The summed E-state index contributed by atoms with van der Waals surface area (Å²) in [7, 11) is 0. The van der Waals surface area contributed by atoms with E-state index in [-0.39, 0.29) is 11.7 Å². The van der Waals surface area contributed by atoms with E-state index in [2.05, 4.69) is 40.7 Å². The molecule has 0 radical (unpaired) electrons. The lowest BCUT2D eigenvalue weighted by molar-refractivity contribution is 0.0916. The monoisotopic (exact) mass is 287 g/mol. The van der Waals surface area contributed by atoms with Crippen LogP contribution in [0.5, 0.6) is 0 Å². The fourth-order valence-electron chi connectivity index (χ4n) is 2.36. The number of carbonyl (C=O) groups excluding carboxylic acids is 1. The maximum absolute atomic E-state index is 12.4. The molecule has 0 saturated carbocycles. The molecule has 7 heteroatoms. The topological polar surface area (TPSA) is 58.4 Å². The molecule has 1 aliphatic rings. The van der Waals surface area contributed by atoms with Gasteiger partial charge in [0.05, 0.1) is 0 Å². The van der Waals surface area contributed by atoms with E-state index in [1.165, 1.54) is 0 Å². The Morgan fingerprint density at radius 3 is 2.70 bits per heavy atom. The van der Waals surface area contributed by atoms with Crippen LogP contribution in [0.4, 0.5) is 8.78 Å². The molecule has 2 rings (SSSR count). The molecule has 0 aromatic carbocycles. The van der Waals surface area contributed by atoms with E-state index in [9.17, 15) is 13.6 Å². The highest BCUT2D eigenvalue weighted by Crippen LogP contribution is 2.21. The predicted molar refractivity (Wildman–Crippen MR) is 68.6 cm³/mol. The first kappa shape index (κ1) is 14.9. The fraction of sp³-hybridized carbons (Fsp3) is 0.692. The molecule has 1 aliphatic heterocycles. The highest BCUT2D eigenvalue weighted by molar-refractivity contribution is 5.92. The van der Waals surface area contributed by atoms with Crippen LogP contribution < -0.4 is 5.32 Å². The van der Waals surface area contributed by atoms with E-state index in [0.717, 1.165) is 19.2 Å². The zero-order valence-corrected chi connectivity index (χ0v) is 11.8. The molecule has 0 aliphatic carbocycles. The van der Waals surface area contributed by atoms with Gasteiger partial charge in [0.15, 0.2) is 5.69 Å². The summed E-state index contributed by atoms with van der Waals surface area (Å²) in [6.45, 7) is 7.92. The normalized spacial score (nSPS) is 23.8. The average Bonchev–Trinajstić information content (AvgIpc) is 2.97. The summed E-state index contributed by atoms with van der Waals surface area (Å²) in [4.78, 5) is 14.2. The Balaban J connectivity index is 1.97. The molecule has 0 bridgehead atoms. The second-order valence-electron chi connectivity index (χ2n) is 5.52. The van der Waals surface area contributed by atoms with Gasteiger partial charge < -0.3 is 9.84 Å². The summed E-state index contributed by atoms with van der Waals surface area (Å²) >= 11 is 0. The number of carbonyl (C=O) groups is 1. The van der Waals surface area contributed by atoms with Crippen LogP contribution in [0.1, 0.15) is 43.4 Å². The Labute approximate surface area is 116 Å². The van der Waals surface area contributed by atoms with E-state index < -0.39 is 18.1 Å². The van der Waals surface area contributed by atoms with Gasteiger partial charge in [0, 0.05) is 31.2 Å². The summed E-state index contributed by atoms with van der Waals surface area (Å²) in [5.41, 5.74) is -0.101. The number of alkyl halides is 2. The van der Waals surface area contributed by atoms with Crippen molar-refractivity contribution in [3.05, 3.63) is 17.5 Å². The number of aromatic nitrogens is 1. The molecule has 1 aromatic rings. The summed E-state index contributed by atoms with van der Waals surface area (Å²) in [5.74, 6) is -0.746. The smallest absolute Gasteiger partial charge is 0.298 e. The van der Waals surface area contributed by atoms with Gasteiger partial charge >= 0.3 is 0 Å². The quantitative estimate of drug-likeness (QED) is 0.921. The van der Waals surface area contributed by atoms with Crippen LogP contribution in [0.15, 0.2) is 10.6 Å². The van der Waals surface area contributed by atoms with E-state index in [1.54, 1.807) is 0 Å². The van der Waals surface area contributed by atoms with Gasteiger partial charge in [0.25, 0.3) is 12.3 Å². The molecule has 1 saturated heterocycles. The van der Waals surface area contributed by atoms with Crippen molar-refractivity contribution < 1.29 is 18.1 Å². The Kier molecular flexibility index (Phi) is 4.37. The van der Waals surface area contributed by atoms with E-state index in [4.69, 9.17) is 0 Å². The highest BCUT2D eigenvalue weighted by Gasteiger charge is 2.32. The predicted octanol–water partition coefficient (Wildman–Crippen LogP) is 2.07. The van der Waals surface area contributed by atoms with Crippen molar-refractivity contribution in [3.63, 3.8) is 0 Å². The summed E-state index contributed by atoms with van der Waals surface area (Å²) < 4.78 is 29.2. The number of nitrogens with zero attached hydrogens (tertiary/aromatic N) is 2. The molecule has 1 aromatic heterocycles. The molecule has 2 heterocycles. The first-order valence-electron chi connectivity index (χ1n) is 6.68. The number of nitrogens with one attached hydrogen (secondary N) is 1. The minimum atomic E-state index is -2.76. The third kappa shape index (κ3) is 3.15. The lowest BCUT2D eigenvalue weighted by Gasteiger charge is -2.20. The summed E-state index contributed by atoms with van der Waals surface area (Å²) in [6, 6.07) is 1.40. The Morgan fingerprint density at radius 1 is 1.50 bits per heavy atom. The summed E-state index contributed by atoms with van der Waals surface area (Å²) in [5, 5.41) is 6.21. The molecule has 112 valence electrons. The van der Waals surface area contributed by atoms with Gasteiger partial charge in [-0.25, -0.2) is 8.78 Å². The first-order valence-corrected chi connectivity index (χ1v) is 6.68. The highest BCUT2D eigenvalue weighted by atomic mass is 19.3. The largest absolute Gasteiger partial charge is 0.354 e. The Hall–Kier alpha value is -1.50. The van der Waals surface area contributed by atoms with E-state index in [1.807, 2.05) is 0 Å². The molecule has 1 N–H and O–H groups in total. The van der Waals surface area contributed by atoms with Crippen LogP contribution in [0.2, 0.25) is 0 Å². The van der Waals surface area contributed by atoms with Gasteiger partial charge in [-0.05, 0) is 19.8 Å². The van der Waals surface area contributed by atoms with Crippen molar-refractivity contribution in [1.29, 1.82) is 0 Å². The van der Waals surface area contributed by atoms with Crippen molar-refractivity contribution in [1.82, 2.24) is 15.4 Å². The lowest BCUT2D eigenvalue weighted by Crippen LogP contribution is -2.40. The van der Waals surface area contributed by atoms with Crippen LogP contribution in [-0.4, -0.2) is 41.1 Å². The zero-order chi connectivity index (χ0) is 14.9. The zero-order valence-electron chi connectivity index (χ0n) is 11.8. The van der Waals surface area contributed by atoms with Crippen molar-refractivity contribution in [2.75, 3.05) is 13.1 Å². The van der Waals surface area contributed by atoms with Crippen LogP contribution in [-0.2, 0) is 0 Å². The van der Waals surface area contributed by atoms with Gasteiger partial charge in [-0.2, -0.15) is 0 Å². The van der Waals surface area contributed by atoms with Crippen LogP contribution in [0.25, 0.3) is 0 Å². The summed E-state index contributed by atoms with van der Waals surface area (Å²) in [6.07, 6.45) is -2.76. The third-order valence-corrected chi connectivity index (χ3v) is 3.66. The number of rotatable bonds is 4. The van der Waals surface area contributed by atoms with Crippen molar-refractivity contribution >= 4 is 5.91 Å². The SMILES string of the molecule is CC1CN(C(C)C)CC1NC(=O)c1cc(C(F)F)on1. The molecule has 2 atom stereocenters. The number of hydrogen-bond acceptors (Lipinski definition) is 4. The molecular formula is C13H19F2N3O2. The Bertz CT molecular complexity index is 476. The average molecular weight is 287 g/mol. The van der Waals surface area contributed by atoms with Crippen LogP contribution in [0, 0.1) is 5.92 Å². The first-order chi connectivity index (χ1) is 9.38. The minimum absolute atomic E-state index is 0.00315. The molecule has 2 unspecified atom stereocenters. The minimum Gasteiger partial charge on any atom is -0.354 e. The van der Waals surface area contributed by atoms with Crippen molar-refractivity contribution in [2.45, 2.75) is 39.3 Å². The fourth-order valence-corrected chi connectivity index (χ4v) is 2.36. The number of amides is 1. The molecule has 5 nitrogen and oxygen atoms in total. The van der Waals surface area contributed by atoms with Crippen molar-refractivity contribution in [3.8, 4) is 0 Å². The van der Waals surface area contributed by atoms with Gasteiger partial charge in [-0.15, -0.1) is 0 Å². The van der Waals surface area contributed by atoms with Gasteiger partial charge in [-0.1, -0.05) is 12.1 Å². The molecule has 1 fully saturated rings. The van der Waals surface area contributed by atoms with Gasteiger partial charge in [0.1, 0.15) is 0 Å². The molecule has 1 amide bonds. The molecule has 0 spiro atoms. The molecule has 20 heavy (non-hydrogen) atoms. The van der Waals surface area contributed by atoms with Gasteiger partial charge in [-0.3, -0.25) is 9.69 Å². The van der Waals surface area contributed by atoms with E-state index >= 15 is 0 Å². The second-order valence-corrected chi connectivity index (χ2v) is 5.52. The number of halogens is 2. The maximum Gasteiger partial charge on any atom is 0.298 e. The number of likely N-dealkylation sites (tertiary alicyclic amines) is 1. The van der Waals surface area contributed by atoms with Crippen molar-refractivity contribution in [2.24, 2.45) is 5.92 Å². The molecular weight excluding hydrogens is 268 g/mol. The maximum atomic E-state index is 12.4. The number of hydrogen-bond donors (Lipinski definition) is 1. The van der Waals surface area contributed by atoms with E-state index in [0.29, 0.717) is 12.0 Å².